The van der Waals surface area contributed by atoms with E-state index in [0.29, 0.717) is 17.6 Å². The second-order valence-corrected chi connectivity index (χ2v) is 7.60. The van der Waals surface area contributed by atoms with Gasteiger partial charge >= 0.3 is 0 Å². The summed E-state index contributed by atoms with van der Waals surface area (Å²) in [5, 5.41) is 3.14. The van der Waals surface area contributed by atoms with E-state index < -0.39 is 0 Å². The quantitative estimate of drug-likeness (QED) is 0.779. The van der Waals surface area contributed by atoms with Gasteiger partial charge in [-0.15, -0.1) is 11.8 Å². The molecule has 0 aliphatic carbocycles. The van der Waals surface area contributed by atoms with Crippen LogP contribution in [0.5, 0.6) is 0 Å². The molecule has 0 heterocycles. The summed E-state index contributed by atoms with van der Waals surface area (Å²) in [5.41, 5.74) is 1.25. The summed E-state index contributed by atoms with van der Waals surface area (Å²) >= 11 is 5.08. The first-order valence-corrected chi connectivity index (χ1v) is 8.96. The van der Waals surface area contributed by atoms with Crippen molar-refractivity contribution >= 4 is 33.6 Å². The Hall–Kier alpha value is -0.480. The minimum atomic E-state index is 0.138. The molecule has 0 radical (unpaired) electrons. The Labute approximate surface area is 135 Å². The Kier molecular flexibility index (Phi) is 7.67. The fourth-order valence-electron chi connectivity index (χ4n) is 2.17. The minimum absolute atomic E-state index is 0.138. The fraction of sp³-hybridized carbons (Fsp3) is 0.562. The molecule has 1 aromatic carbocycles. The van der Waals surface area contributed by atoms with Crippen LogP contribution in [-0.4, -0.2) is 17.7 Å². The zero-order chi connectivity index (χ0) is 15.1. The topological polar surface area (TPSA) is 29.1 Å². The molecule has 1 aromatic rings. The zero-order valence-corrected chi connectivity index (χ0v) is 15.1. The van der Waals surface area contributed by atoms with Crippen LogP contribution in [-0.2, 0) is 10.5 Å². The van der Waals surface area contributed by atoms with E-state index in [0.717, 1.165) is 10.2 Å². The fourth-order valence-corrected chi connectivity index (χ4v) is 3.24. The molecular weight excluding hydrogens is 334 g/mol. The van der Waals surface area contributed by atoms with Gasteiger partial charge in [-0.05, 0) is 29.5 Å². The predicted molar refractivity (Wildman–Crippen MR) is 91.9 cm³/mol. The first kappa shape index (κ1) is 17.6. The summed E-state index contributed by atoms with van der Waals surface area (Å²) in [4.78, 5) is 12.0. The van der Waals surface area contributed by atoms with E-state index >= 15 is 0 Å². The highest BCUT2D eigenvalue weighted by Crippen LogP contribution is 2.16. The van der Waals surface area contributed by atoms with Crippen LogP contribution in [0.3, 0.4) is 0 Å². The first-order chi connectivity index (χ1) is 9.40. The predicted octanol–water partition coefficient (Wildman–Crippen LogP) is 4.48. The van der Waals surface area contributed by atoms with E-state index in [1.807, 2.05) is 12.1 Å². The van der Waals surface area contributed by atoms with Gasteiger partial charge in [0, 0.05) is 16.3 Å². The average Bonchev–Trinajstić information content (AvgIpc) is 2.37. The SMILES string of the molecule is CC(C)C(NC(=O)CSCc1ccc(Br)cc1)C(C)C. The third kappa shape index (κ3) is 6.31. The lowest BCUT2D eigenvalue weighted by Gasteiger charge is -2.26. The molecule has 20 heavy (non-hydrogen) atoms. The van der Waals surface area contributed by atoms with Crippen LogP contribution in [0.4, 0.5) is 0 Å². The van der Waals surface area contributed by atoms with Crippen LogP contribution < -0.4 is 5.32 Å². The molecule has 2 nitrogen and oxygen atoms in total. The number of nitrogens with one attached hydrogen (secondary N) is 1. The number of carbonyl (C=O) groups excluding carboxylic acids is 1. The number of benzene rings is 1. The van der Waals surface area contributed by atoms with Crippen molar-refractivity contribution in [2.45, 2.75) is 39.5 Å². The first-order valence-electron chi connectivity index (χ1n) is 7.01. The molecule has 0 bridgehead atoms. The van der Waals surface area contributed by atoms with Gasteiger partial charge in [0.2, 0.25) is 5.91 Å². The van der Waals surface area contributed by atoms with Gasteiger partial charge in [-0.2, -0.15) is 0 Å². The van der Waals surface area contributed by atoms with Crippen LogP contribution in [0.1, 0.15) is 33.3 Å². The van der Waals surface area contributed by atoms with Crippen LogP contribution in [0.2, 0.25) is 0 Å². The molecular formula is C16H24BrNOS. The monoisotopic (exact) mass is 357 g/mol. The summed E-state index contributed by atoms with van der Waals surface area (Å²) in [6, 6.07) is 8.49. The molecule has 0 spiro atoms. The number of amides is 1. The molecule has 0 unspecified atom stereocenters. The van der Waals surface area contributed by atoms with Crippen molar-refractivity contribution in [2.75, 3.05) is 5.75 Å². The molecule has 1 rings (SSSR count). The third-order valence-corrected chi connectivity index (χ3v) is 4.71. The Morgan fingerprint density at radius 3 is 2.20 bits per heavy atom. The van der Waals surface area contributed by atoms with E-state index in [-0.39, 0.29) is 11.9 Å². The van der Waals surface area contributed by atoms with Gasteiger partial charge in [0.25, 0.3) is 0 Å². The molecule has 0 saturated carbocycles. The molecule has 1 amide bonds. The summed E-state index contributed by atoms with van der Waals surface area (Å²) in [7, 11) is 0. The number of carbonyl (C=O) groups is 1. The normalized spacial score (nSPS) is 11.4. The van der Waals surface area contributed by atoms with Gasteiger partial charge in [-0.1, -0.05) is 55.8 Å². The number of thioether (sulfide) groups is 1. The van der Waals surface area contributed by atoms with Crippen molar-refractivity contribution in [1.82, 2.24) is 5.32 Å². The number of hydrogen-bond donors (Lipinski definition) is 1. The Morgan fingerprint density at radius 2 is 1.70 bits per heavy atom. The maximum atomic E-state index is 12.0. The molecule has 4 heteroatoms. The van der Waals surface area contributed by atoms with Gasteiger partial charge in [0.05, 0.1) is 5.75 Å². The van der Waals surface area contributed by atoms with E-state index in [4.69, 9.17) is 0 Å². The van der Waals surface area contributed by atoms with Crippen molar-refractivity contribution in [3.63, 3.8) is 0 Å². The molecule has 0 aliphatic rings. The molecule has 0 fully saturated rings. The van der Waals surface area contributed by atoms with Crippen LogP contribution >= 0.6 is 27.7 Å². The highest BCUT2D eigenvalue weighted by Gasteiger charge is 2.19. The van der Waals surface area contributed by atoms with E-state index in [1.54, 1.807) is 11.8 Å². The van der Waals surface area contributed by atoms with Crippen molar-refractivity contribution in [2.24, 2.45) is 11.8 Å². The van der Waals surface area contributed by atoms with Crippen LogP contribution in [0.15, 0.2) is 28.7 Å². The van der Waals surface area contributed by atoms with E-state index in [2.05, 4.69) is 61.1 Å². The Morgan fingerprint density at radius 1 is 1.15 bits per heavy atom. The van der Waals surface area contributed by atoms with Gasteiger partial charge < -0.3 is 5.32 Å². The maximum Gasteiger partial charge on any atom is 0.230 e. The van der Waals surface area contributed by atoms with Gasteiger partial charge in [0.1, 0.15) is 0 Å². The largest absolute Gasteiger partial charge is 0.352 e. The second kappa shape index (κ2) is 8.73. The molecule has 0 aliphatic heterocycles. The lowest BCUT2D eigenvalue weighted by atomic mass is 9.93. The summed E-state index contributed by atoms with van der Waals surface area (Å²) < 4.78 is 1.08. The highest BCUT2D eigenvalue weighted by molar-refractivity contribution is 9.10. The maximum absolute atomic E-state index is 12.0. The molecule has 0 aromatic heterocycles. The van der Waals surface area contributed by atoms with Crippen LogP contribution in [0, 0.1) is 11.8 Å². The standard InChI is InChI=1S/C16H24BrNOS/c1-11(2)16(12(3)4)18-15(19)10-20-9-13-5-7-14(17)8-6-13/h5-8,11-12,16H,9-10H2,1-4H3,(H,18,19). The average molecular weight is 358 g/mol. The molecule has 1 N–H and O–H groups in total. The second-order valence-electron chi connectivity index (χ2n) is 5.70. The van der Waals surface area contributed by atoms with E-state index in [9.17, 15) is 4.79 Å². The zero-order valence-electron chi connectivity index (χ0n) is 12.7. The smallest absolute Gasteiger partial charge is 0.230 e. The van der Waals surface area contributed by atoms with Gasteiger partial charge in [0.15, 0.2) is 0 Å². The van der Waals surface area contributed by atoms with Gasteiger partial charge in [-0.3, -0.25) is 4.79 Å². The number of hydrogen-bond acceptors (Lipinski definition) is 2. The van der Waals surface area contributed by atoms with Gasteiger partial charge in [-0.25, -0.2) is 0 Å². The van der Waals surface area contributed by atoms with Crippen LogP contribution in [0.25, 0.3) is 0 Å². The Balaban J connectivity index is 2.34. The highest BCUT2D eigenvalue weighted by atomic mass is 79.9. The number of halogens is 1. The molecule has 0 atom stereocenters. The van der Waals surface area contributed by atoms with Crippen molar-refractivity contribution in [3.8, 4) is 0 Å². The molecule has 0 saturated heterocycles. The molecule has 112 valence electrons. The minimum Gasteiger partial charge on any atom is -0.352 e. The summed E-state index contributed by atoms with van der Waals surface area (Å²) in [6.45, 7) is 8.61. The van der Waals surface area contributed by atoms with Crippen molar-refractivity contribution in [3.05, 3.63) is 34.3 Å². The summed E-state index contributed by atoms with van der Waals surface area (Å²) in [6.07, 6.45) is 0. The summed E-state index contributed by atoms with van der Waals surface area (Å²) in [5.74, 6) is 2.46. The lowest BCUT2D eigenvalue weighted by molar-refractivity contribution is -0.119. The number of rotatable bonds is 7. The lowest BCUT2D eigenvalue weighted by Crippen LogP contribution is -2.43. The third-order valence-electron chi connectivity index (χ3n) is 3.18. The van der Waals surface area contributed by atoms with E-state index in [1.165, 1.54) is 5.56 Å². The Bertz CT molecular complexity index is 409. The van der Waals surface area contributed by atoms with Crippen molar-refractivity contribution < 1.29 is 4.79 Å². The van der Waals surface area contributed by atoms with Crippen molar-refractivity contribution in [1.29, 1.82) is 0 Å².